The van der Waals surface area contributed by atoms with E-state index in [1.54, 1.807) is 25.3 Å². The van der Waals surface area contributed by atoms with Crippen molar-refractivity contribution in [2.45, 2.75) is 6.04 Å². The molecule has 0 aliphatic carbocycles. The van der Waals surface area contributed by atoms with E-state index in [0.717, 1.165) is 31.0 Å². The van der Waals surface area contributed by atoms with Crippen molar-refractivity contribution in [1.82, 2.24) is 15.3 Å². The second kappa shape index (κ2) is 10.5. The van der Waals surface area contributed by atoms with Crippen LogP contribution in [0.3, 0.4) is 0 Å². The molecule has 188 valence electrons. The highest BCUT2D eigenvalue weighted by Gasteiger charge is 2.32. The number of methoxy groups -OCH3 is 1. The predicted octanol–water partition coefficient (Wildman–Crippen LogP) is 4.01. The minimum atomic E-state index is -0.254. The number of piperazine rings is 1. The number of carbonyl (C=O) groups excluding carboxylic acids is 1. The summed E-state index contributed by atoms with van der Waals surface area (Å²) in [7, 11) is 3.59. The summed E-state index contributed by atoms with van der Waals surface area (Å²) in [5.41, 5.74) is 2.84. The molecule has 9 nitrogen and oxygen atoms in total. The maximum absolute atomic E-state index is 13.3. The van der Waals surface area contributed by atoms with Gasteiger partial charge < -0.3 is 25.2 Å². The number of amides is 1. The number of hydrogen-bond acceptors (Lipinski definition) is 8. The average Bonchev–Trinajstić information content (AvgIpc) is 2.88. The van der Waals surface area contributed by atoms with E-state index in [0.29, 0.717) is 45.7 Å². The van der Waals surface area contributed by atoms with Gasteiger partial charge in [0, 0.05) is 51.4 Å². The zero-order valence-corrected chi connectivity index (χ0v) is 21.6. The molecule has 0 radical (unpaired) electrons. The zero-order valence-electron chi connectivity index (χ0n) is 20.0. The summed E-state index contributed by atoms with van der Waals surface area (Å²) in [4.78, 5) is 28.0. The minimum Gasteiger partial charge on any atom is -0.383 e. The Labute approximate surface area is 220 Å². The average molecular weight is 528 g/mol. The number of fused-ring (bicyclic) bond motifs is 1. The van der Waals surface area contributed by atoms with E-state index < -0.39 is 0 Å². The van der Waals surface area contributed by atoms with Crippen molar-refractivity contribution < 1.29 is 9.53 Å². The molecule has 1 fully saturated rings. The third-order valence-electron chi connectivity index (χ3n) is 6.33. The van der Waals surface area contributed by atoms with E-state index in [1.807, 2.05) is 24.1 Å². The highest BCUT2D eigenvalue weighted by molar-refractivity contribution is 6.40. The molecule has 2 aromatic carbocycles. The summed E-state index contributed by atoms with van der Waals surface area (Å²) >= 11 is 12.7. The van der Waals surface area contributed by atoms with Crippen LogP contribution in [0.4, 0.5) is 28.8 Å². The van der Waals surface area contributed by atoms with Gasteiger partial charge in [0.15, 0.2) is 0 Å². The van der Waals surface area contributed by atoms with Gasteiger partial charge in [-0.15, -0.1) is 0 Å². The molecule has 1 atom stereocenters. The predicted molar refractivity (Wildman–Crippen MR) is 144 cm³/mol. The summed E-state index contributed by atoms with van der Waals surface area (Å²) < 4.78 is 5.39. The lowest BCUT2D eigenvalue weighted by Crippen LogP contribution is -2.53. The molecule has 0 spiro atoms. The SMILES string of the molecule is COC[C@@H]1CNCCN1c1ccc(Nc2ncc3c(n2)N(C)CN(c2c(Cl)cccc2Cl)C3=O)cc1. The summed E-state index contributed by atoms with van der Waals surface area (Å²) in [6.07, 6.45) is 1.53. The second-order valence-electron chi connectivity index (χ2n) is 8.75. The number of anilines is 5. The molecule has 1 aromatic heterocycles. The van der Waals surface area contributed by atoms with Crippen molar-refractivity contribution >= 4 is 57.9 Å². The number of benzene rings is 2. The number of halogens is 2. The third kappa shape index (κ3) is 4.79. The van der Waals surface area contributed by atoms with Crippen LogP contribution >= 0.6 is 23.2 Å². The Bertz CT molecular complexity index is 1240. The molecule has 3 heterocycles. The van der Waals surface area contributed by atoms with Gasteiger partial charge in [0.2, 0.25) is 5.95 Å². The molecule has 1 saturated heterocycles. The fourth-order valence-electron chi connectivity index (χ4n) is 4.59. The van der Waals surface area contributed by atoms with Gasteiger partial charge in [0.05, 0.1) is 35.1 Å². The normalized spacial score (nSPS) is 17.8. The first-order chi connectivity index (χ1) is 17.5. The summed E-state index contributed by atoms with van der Waals surface area (Å²) in [6.45, 7) is 3.68. The highest BCUT2D eigenvalue weighted by atomic mass is 35.5. The summed E-state index contributed by atoms with van der Waals surface area (Å²) in [6, 6.07) is 13.6. The molecule has 2 N–H and O–H groups in total. The van der Waals surface area contributed by atoms with E-state index in [9.17, 15) is 4.79 Å². The Balaban J connectivity index is 1.34. The van der Waals surface area contributed by atoms with Gasteiger partial charge in [-0.25, -0.2) is 4.98 Å². The van der Waals surface area contributed by atoms with Gasteiger partial charge in [-0.2, -0.15) is 4.98 Å². The van der Waals surface area contributed by atoms with E-state index in [4.69, 9.17) is 27.9 Å². The Morgan fingerprint density at radius 2 is 1.92 bits per heavy atom. The first-order valence-corrected chi connectivity index (χ1v) is 12.4. The molecular weight excluding hydrogens is 501 g/mol. The fourth-order valence-corrected chi connectivity index (χ4v) is 5.19. The van der Waals surface area contributed by atoms with Crippen molar-refractivity contribution in [2.75, 3.05) is 67.1 Å². The van der Waals surface area contributed by atoms with Crippen molar-refractivity contribution in [3.8, 4) is 0 Å². The Morgan fingerprint density at radius 3 is 2.64 bits per heavy atom. The Kier molecular flexibility index (Phi) is 7.15. The van der Waals surface area contributed by atoms with E-state index in [1.165, 1.54) is 11.1 Å². The quantitative estimate of drug-likeness (QED) is 0.497. The van der Waals surface area contributed by atoms with Crippen LogP contribution in [0.2, 0.25) is 10.0 Å². The molecular formula is C25H27Cl2N7O2. The molecule has 0 saturated carbocycles. The Morgan fingerprint density at radius 1 is 1.17 bits per heavy atom. The van der Waals surface area contributed by atoms with Gasteiger partial charge in [0.25, 0.3) is 5.91 Å². The molecule has 0 unspecified atom stereocenters. The first kappa shape index (κ1) is 24.6. The van der Waals surface area contributed by atoms with Crippen molar-refractivity contribution in [1.29, 1.82) is 0 Å². The molecule has 2 aliphatic heterocycles. The molecule has 3 aromatic rings. The van der Waals surface area contributed by atoms with E-state index in [-0.39, 0.29) is 12.6 Å². The van der Waals surface area contributed by atoms with Crippen LogP contribution in [0.5, 0.6) is 0 Å². The Hall–Kier alpha value is -3.11. The van der Waals surface area contributed by atoms with Crippen LogP contribution in [0.25, 0.3) is 0 Å². The highest BCUT2D eigenvalue weighted by Crippen LogP contribution is 2.37. The fraction of sp³-hybridized carbons (Fsp3) is 0.320. The number of para-hydroxylation sites is 1. The van der Waals surface area contributed by atoms with Crippen LogP contribution < -0.4 is 25.3 Å². The van der Waals surface area contributed by atoms with Crippen LogP contribution in [-0.2, 0) is 4.74 Å². The maximum Gasteiger partial charge on any atom is 0.265 e. The minimum absolute atomic E-state index is 0.254. The standard InChI is InChI=1S/C25H27Cl2N7O2/c1-32-15-34(22-20(26)4-3-5-21(22)27)24(35)19-13-29-25(31-23(19)32)30-16-6-8-17(9-7-16)33-11-10-28-12-18(33)14-36-2/h3-9,13,18,28H,10-12,14-15H2,1-2H3,(H,29,30,31)/t18-/m0/s1. The number of carbonyl (C=O) groups is 1. The lowest BCUT2D eigenvalue weighted by atomic mass is 10.1. The first-order valence-electron chi connectivity index (χ1n) is 11.6. The summed E-state index contributed by atoms with van der Waals surface area (Å²) in [5.74, 6) is 0.692. The topological polar surface area (TPSA) is 85.9 Å². The van der Waals surface area contributed by atoms with Gasteiger partial charge in [0.1, 0.15) is 11.4 Å². The van der Waals surface area contributed by atoms with Crippen molar-refractivity contribution in [3.05, 3.63) is 64.3 Å². The van der Waals surface area contributed by atoms with E-state index in [2.05, 4.69) is 37.6 Å². The zero-order chi connectivity index (χ0) is 25.2. The number of hydrogen-bond donors (Lipinski definition) is 2. The summed E-state index contributed by atoms with van der Waals surface area (Å²) in [5, 5.41) is 7.48. The smallest absolute Gasteiger partial charge is 0.265 e. The number of nitrogens with one attached hydrogen (secondary N) is 2. The molecule has 1 amide bonds. The van der Waals surface area contributed by atoms with Gasteiger partial charge in [-0.1, -0.05) is 29.3 Å². The molecule has 11 heteroatoms. The van der Waals surface area contributed by atoms with Crippen LogP contribution in [-0.4, -0.2) is 69.0 Å². The molecule has 5 rings (SSSR count). The van der Waals surface area contributed by atoms with Gasteiger partial charge >= 0.3 is 0 Å². The number of rotatable bonds is 6. The van der Waals surface area contributed by atoms with Crippen LogP contribution in [0.15, 0.2) is 48.7 Å². The lowest BCUT2D eigenvalue weighted by molar-refractivity contribution is 0.0982. The van der Waals surface area contributed by atoms with Crippen molar-refractivity contribution in [3.63, 3.8) is 0 Å². The van der Waals surface area contributed by atoms with Crippen LogP contribution in [0, 0.1) is 0 Å². The number of ether oxygens (including phenoxy) is 1. The van der Waals surface area contributed by atoms with Gasteiger partial charge in [-0.3, -0.25) is 9.69 Å². The maximum atomic E-state index is 13.3. The monoisotopic (exact) mass is 527 g/mol. The third-order valence-corrected chi connectivity index (χ3v) is 6.94. The molecule has 36 heavy (non-hydrogen) atoms. The number of nitrogens with zero attached hydrogens (tertiary/aromatic N) is 5. The molecule has 2 aliphatic rings. The number of aromatic nitrogens is 2. The van der Waals surface area contributed by atoms with Crippen molar-refractivity contribution in [2.24, 2.45) is 0 Å². The van der Waals surface area contributed by atoms with Gasteiger partial charge in [-0.05, 0) is 36.4 Å². The lowest BCUT2D eigenvalue weighted by Gasteiger charge is -2.37. The largest absolute Gasteiger partial charge is 0.383 e. The van der Waals surface area contributed by atoms with Crippen LogP contribution in [0.1, 0.15) is 10.4 Å². The van der Waals surface area contributed by atoms with E-state index >= 15 is 0 Å². The second-order valence-corrected chi connectivity index (χ2v) is 9.57. The molecule has 0 bridgehead atoms.